The zero-order valence-electron chi connectivity index (χ0n) is 28.1. The summed E-state index contributed by atoms with van der Waals surface area (Å²) in [6.07, 6.45) is 0. The Morgan fingerprint density at radius 3 is 1.94 bits per heavy atom. The van der Waals surface area contributed by atoms with Gasteiger partial charge in [0, 0.05) is 44.0 Å². The molecule has 0 saturated carbocycles. The molecule has 0 bridgehead atoms. The molecule has 2 aliphatic rings. The van der Waals surface area contributed by atoms with Gasteiger partial charge in [0.15, 0.2) is 0 Å². The largest absolute Gasteiger partial charge is 0.310 e. The lowest BCUT2D eigenvalue weighted by atomic mass is 9.30. The van der Waals surface area contributed by atoms with Crippen LogP contribution in [0.25, 0.3) is 66.5 Å². The molecule has 0 fully saturated rings. The van der Waals surface area contributed by atoms with E-state index in [9.17, 15) is 0 Å². The molecular weight excluding hydrogens is 603 g/mol. The van der Waals surface area contributed by atoms with Gasteiger partial charge in [-0.25, -0.2) is 0 Å². The first-order valence-corrected chi connectivity index (χ1v) is 17.7. The molecule has 9 aromatic rings. The molecule has 0 spiro atoms. The fraction of sp³-hybridized carbons (Fsp3) is 0.0638. The summed E-state index contributed by atoms with van der Waals surface area (Å²) in [6, 6.07) is 60.7. The predicted octanol–water partition coefficient (Wildman–Crippen LogP) is 9.53. The minimum Gasteiger partial charge on any atom is -0.310 e. The highest BCUT2D eigenvalue weighted by molar-refractivity contribution is 6.99. The monoisotopic (exact) mass is 636 g/mol. The Hall–Kier alpha value is -6.06. The SMILES string of the molecule is CC1(C)c2cccc3c2B(c2ccc4c(c(-c5ccccc5)c(-c5ccccc5)n4-c4ccccc4)c21)c1cccc2c4ccccc4n-3c12. The van der Waals surface area contributed by atoms with Crippen LogP contribution in [0.3, 0.4) is 0 Å². The van der Waals surface area contributed by atoms with E-state index in [0.29, 0.717) is 0 Å². The van der Waals surface area contributed by atoms with Crippen molar-refractivity contribution in [3.63, 3.8) is 0 Å². The molecule has 3 heteroatoms. The fourth-order valence-electron chi connectivity index (χ4n) is 9.65. The van der Waals surface area contributed by atoms with E-state index >= 15 is 0 Å². The van der Waals surface area contributed by atoms with Crippen LogP contribution in [0.1, 0.15) is 25.0 Å². The van der Waals surface area contributed by atoms with Crippen LogP contribution in [0.4, 0.5) is 0 Å². The van der Waals surface area contributed by atoms with Crippen molar-refractivity contribution in [3.8, 4) is 33.8 Å². The molecule has 0 N–H and O–H groups in total. The molecule has 7 aromatic carbocycles. The Kier molecular flexibility index (Phi) is 5.57. The summed E-state index contributed by atoms with van der Waals surface area (Å²) >= 11 is 0. The van der Waals surface area contributed by atoms with Crippen molar-refractivity contribution in [3.05, 3.63) is 175 Å². The minimum absolute atomic E-state index is 0.123. The number of benzene rings is 7. The number of fused-ring (bicyclic) bond motifs is 9. The topological polar surface area (TPSA) is 9.86 Å². The van der Waals surface area contributed by atoms with Crippen LogP contribution < -0.4 is 16.4 Å². The number of aromatic nitrogens is 2. The molecular formula is C47H33BN2. The first-order chi connectivity index (χ1) is 24.6. The van der Waals surface area contributed by atoms with E-state index in [2.05, 4.69) is 187 Å². The van der Waals surface area contributed by atoms with Crippen molar-refractivity contribution in [2.24, 2.45) is 0 Å². The van der Waals surface area contributed by atoms with Crippen LogP contribution in [0.2, 0.25) is 0 Å². The number of rotatable bonds is 3. The van der Waals surface area contributed by atoms with Gasteiger partial charge in [-0.05, 0) is 63.5 Å². The third-order valence-corrected chi connectivity index (χ3v) is 11.5. The molecule has 2 aromatic heterocycles. The van der Waals surface area contributed by atoms with E-state index in [-0.39, 0.29) is 12.1 Å². The van der Waals surface area contributed by atoms with Gasteiger partial charge in [-0.3, -0.25) is 0 Å². The van der Waals surface area contributed by atoms with Gasteiger partial charge in [-0.2, -0.15) is 0 Å². The Morgan fingerprint density at radius 1 is 0.500 bits per heavy atom. The summed E-state index contributed by atoms with van der Waals surface area (Å²) in [5.41, 5.74) is 18.1. The lowest BCUT2D eigenvalue weighted by molar-refractivity contribution is 0.651. The van der Waals surface area contributed by atoms with Crippen LogP contribution >= 0.6 is 0 Å². The van der Waals surface area contributed by atoms with Gasteiger partial charge < -0.3 is 9.13 Å². The molecule has 0 saturated heterocycles. The molecule has 0 amide bonds. The summed E-state index contributed by atoms with van der Waals surface area (Å²) in [4.78, 5) is 0. The predicted molar refractivity (Wildman–Crippen MR) is 212 cm³/mol. The summed E-state index contributed by atoms with van der Waals surface area (Å²) in [6.45, 7) is 5.04. The van der Waals surface area contributed by atoms with Gasteiger partial charge in [-0.1, -0.05) is 153 Å². The quantitative estimate of drug-likeness (QED) is 0.171. The molecule has 2 aliphatic heterocycles. The highest BCUT2D eigenvalue weighted by Crippen LogP contribution is 2.49. The average Bonchev–Trinajstić information content (AvgIpc) is 3.70. The Bertz CT molecular complexity index is 2820. The van der Waals surface area contributed by atoms with Crippen molar-refractivity contribution in [1.29, 1.82) is 0 Å². The van der Waals surface area contributed by atoms with Crippen LogP contribution in [-0.2, 0) is 5.41 Å². The van der Waals surface area contributed by atoms with E-state index < -0.39 is 0 Å². The maximum absolute atomic E-state index is 2.55. The van der Waals surface area contributed by atoms with Crippen molar-refractivity contribution < 1.29 is 0 Å². The van der Waals surface area contributed by atoms with E-state index in [4.69, 9.17) is 0 Å². The second-order valence-corrected chi connectivity index (χ2v) is 14.4. The lowest BCUT2D eigenvalue weighted by Gasteiger charge is -2.42. The smallest absolute Gasteiger partial charge is 0.247 e. The zero-order chi connectivity index (χ0) is 33.1. The van der Waals surface area contributed by atoms with Gasteiger partial charge >= 0.3 is 0 Å². The summed E-state index contributed by atoms with van der Waals surface area (Å²) in [5.74, 6) is 0. The molecule has 0 atom stereocenters. The molecule has 4 heterocycles. The molecule has 0 radical (unpaired) electrons. The number of hydrogen-bond donors (Lipinski definition) is 0. The van der Waals surface area contributed by atoms with Crippen molar-refractivity contribution in [2.45, 2.75) is 19.3 Å². The first-order valence-electron chi connectivity index (χ1n) is 17.7. The summed E-state index contributed by atoms with van der Waals surface area (Å²) < 4.78 is 5.05. The Balaban J connectivity index is 1.35. The standard InChI is InChI=1S/C47H33BN2/c1-47(2)35-24-15-27-40-44(35)48(37-25-14-23-34-33-22-12-13-26-38(33)50(40)46(34)37)36-28-29-39-42(43(36)47)41(30-16-6-3-7-17-30)45(31-18-8-4-9-19-31)49(39)32-20-10-5-11-21-32/h3-29H,1-2H3. The number of para-hydroxylation sites is 3. The molecule has 0 aliphatic carbocycles. The van der Waals surface area contributed by atoms with E-state index in [0.717, 1.165) is 0 Å². The summed E-state index contributed by atoms with van der Waals surface area (Å²) in [7, 11) is 0. The third kappa shape index (κ3) is 3.49. The minimum atomic E-state index is -0.272. The van der Waals surface area contributed by atoms with Crippen LogP contribution in [-0.4, -0.2) is 15.8 Å². The van der Waals surface area contributed by atoms with Gasteiger partial charge in [-0.15, -0.1) is 0 Å². The average molecular weight is 637 g/mol. The maximum Gasteiger partial charge on any atom is 0.247 e. The Morgan fingerprint density at radius 2 is 1.16 bits per heavy atom. The van der Waals surface area contributed by atoms with Gasteiger partial charge in [0.25, 0.3) is 0 Å². The van der Waals surface area contributed by atoms with Gasteiger partial charge in [0.2, 0.25) is 6.71 Å². The Labute approximate surface area is 292 Å². The van der Waals surface area contributed by atoms with Gasteiger partial charge in [0.05, 0.1) is 16.7 Å². The van der Waals surface area contributed by atoms with Gasteiger partial charge in [0.1, 0.15) is 0 Å². The molecule has 0 unspecified atom stereocenters. The third-order valence-electron chi connectivity index (χ3n) is 11.5. The maximum atomic E-state index is 2.55. The van der Waals surface area contributed by atoms with E-state index in [1.165, 1.54) is 94.0 Å². The van der Waals surface area contributed by atoms with Crippen LogP contribution in [0.15, 0.2) is 164 Å². The molecule has 50 heavy (non-hydrogen) atoms. The number of hydrogen-bond acceptors (Lipinski definition) is 0. The van der Waals surface area contributed by atoms with Crippen molar-refractivity contribution >= 4 is 55.8 Å². The highest BCUT2D eigenvalue weighted by Gasteiger charge is 2.46. The zero-order valence-corrected chi connectivity index (χ0v) is 28.1. The number of nitrogens with zero attached hydrogens (tertiary/aromatic N) is 2. The van der Waals surface area contributed by atoms with E-state index in [1.807, 2.05) is 0 Å². The second-order valence-electron chi connectivity index (χ2n) is 14.4. The van der Waals surface area contributed by atoms with E-state index in [1.54, 1.807) is 0 Å². The molecule has 2 nitrogen and oxygen atoms in total. The second kappa shape index (κ2) is 9.99. The highest BCUT2D eigenvalue weighted by atomic mass is 15.0. The lowest BCUT2D eigenvalue weighted by Crippen LogP contribution is -2.63. The summed E-state index contributed by atoms with van der Waals surface area (Å²) in [5, 5.41) is 3.98. The first kappa shape index (κ1) is 27.9. The van der Waals surface area contributed by atoms with Crippen molar-refractivity contribution in [2.75, 3.05) is 0 Å². The van der Waals surface area contributed by atoms with Crippen LogP contribution in [0, 0.1) is 0 Å². The van der Waals surface area contributed by atoms with Crippen LogP contribution in [0.5, 0.6) is 0 Å². The molecule has 234 valence electrons. The fourth-order valence-corrected chi connectivity index (χ4v) is 9.65. The normalized spacial score (nSPS) is 13.9. The van der Waals surface area contributed by atoms with Crippen molar-refractivity contribution in [1.82, 2.24) is 9.13 Å². The molecule has 11 rings (SSSR count).